The Bertz CT molecular complexity index is 863. The smallest absolute Gasteiger partial charge is 0.206 e. The number of piperidine rings is 1. The van der Waals surface area contributed by atoms with Crippen LogP contribution in [0.3, 0.4) is 0 Å². The Morgan fingerprint density at radius 3 is 2.45 bits per heavy atom. The molecule has 0 bridgehead atoms. The average Bonchev–Trinajstić information content (AvgIpc) is 3.30. The lowest BCUT2D eigenvalue weighted by molar-refractivity contribution is 0.0512. The lowest BCUT2D eigenvalue weighted by Gasteiger charge is -2.38. The minimum absolute atomic E-state index is 0.338. The summed E-state index contributed by atoms with van der Waals surface area (Å²) >= 11 is 6.39. The van der Waals surface area contributed by atoms with Crippen LogP contribution in [0.2, 0.25) is 5.02 Å². The van der Waals surface area contributed by atoms with Crippen LogP contribution in [0.25, 0.3) is 11.0 Å². The van der Waals surface area contributed by atoms with Gasteiger partial charge in [-0.15, -0.1) is 0 Å². The summed E-state index contributed by atoms with van der Waals surface area (Å²) in [5.74, 6) is 1.44. The first-order chi connectivity index (χ1) is 14.1. The third kappa shape index (κ3) is 3.77. The monoisotopic (exact) mass is 416 g/mol. The average molecular weight is 417 g/mol. The predicted molar refractivity (Wildman–Crippen MR) is 119 cm³/mol. The van der Waals surface area contributed by atoms with Crippen molar-refractivity contribution < 1.29 is 5.11 Å². The predicted octanol–water partition coefficient (Wildman–Crippen LogP) is 4.79. The molecular weight excluding hydrogens is 384 g/mol. The fourth-order valence-corrected chi connectivity index (χ4v) is 5.48. The van der Waals surface area contributed by atoms with E-state index in [0.29, 0.717) is 18.0 Å². The molecule has 29 heavy (non-hydrogen) atoms. The van der Waals surface area contributed by atoms with Gasteiger partial charge in [-0.1, -0.05) is 24.4 Å². The van der Waals surface area contributed by atoms with Gasteiger partial charge in [0.05, 0.1) is 11.0 Å². The van der Waals surface area contributed by atoms with Gasteiger partial charge in [-0.2, -0.15) is 0 Å². The van der Waals surface area contributed by atoms with E-state index in [1.807, 2.05) is 6.07 Å². The number of benzene rings is 1. The summed E-state index contributed by atoms with van der Waals surface area (Å²) in [7, 11) is 0. The van der Waals surface area contributed by atoms with Crippen molar-refractivity contribution in [2.24, 2.45) is 5.92 Å². The summed E-state index contributed by atoms with van der Waals surface area (Å²) in [5, 5.41) is 15.0. The number of halogens is 1. The van der Waals surface area contributed by atoms with Gasteiger partial charge in [0.2, 0.25) is 5.95 Å². The molecule has 2 aromatic rings. The Hall–Kier alpha value is -1.30. The minimum atomic E-state index is -0.368. The number of nitrogens with one attached hydrogen (secondary N) is 1. The molecule has 2 N–H and O–H groups in total. The molecule has 0 amide bonds. The van der Waals surface area contributed by atoms with Gasteiger partial charge in [0.15, 0.2) is 0 Å². The van der Waals surface area contributed by atoms with Crippen LogP contribution in [0, 0.1) is 12.8 Å². The maximum absolute atomic E-state index is 10.7. The summed E-state index contributed by atoms with van der Waals surface area (Å²) in [6.45, 7) is 3.98. The van der Waals surface area contributed by atoms with E-state index < -0.39 is 0 Å². The number of fused-ring (bicyclic) bond motifs is 1. The molecule has 2 aliphatic carbocycles. The van der Waals surface area contributed by atoms with Gasteiger partial charge < -0.3 is 14.6 Å². The third-order valence-electron chi connectivity index (χ3n) is 7.42. The van der Waals surface area contributed by atoms with Crippen LogP contribution in [0.15, 0.2) is 12.1 Å². The molecule has 1 saturated heterocycles. The molecule has 5 rings (SSSR count). The molecule has 0 radical (unpaired) electrons. The van der Waals surface area contributed by atoms with Crippen molar-refractivity contribution in [3.8, 4) is 0 Å². The molecule has 1 aliphatic heterocycles. The summed E-state index contributed by atoms with van der Waals surface area (Å²) < 4.78 is 2.47. The van der Waals surface area contributed by atoms with Crippen molar-refractivity contribution >= 4 is 28.6 Å². The Labute approximate surface area is 178 Å². The van der Waals surface area contributed by atoms with Gasteiger partial charge in [-0.25, -0.2) is 4.98 Å². The topological polar surface area (TPSA) is 53.3 Å². The molecule has 3 aliphatic rings. The van der Waals surface area contributed by atoms with Crippen LogP contribution in [0.4, 0.5) is 5.95 Å². The number of nitrogens with zero attached hydrogens (tertiary/aromatic N) is 3. The van der Waals surface area contributed by atoms with Crippen molar-refractivity contribution in [2.75, 3.05) is 18.0 Å². The lowest BCUT2D eigenvalue weighted by atomic mass is 9.92. The SMILES string of the molecule is Cc1cc2c(cc1Cl)nc(N1CCC(C(O)NC3CCCC3)CC1)n2C1CCC1. The van der Waals surface area contributed by atoms with Crippen molar-refractivity contribution in [3.63, 3.8) is 0 Å². The Morgan fingerprint density at radius 2 is 1.79 bits per heavy atom. The molecule has 6 heteroatoms. The molecule has 1 aromatic heterocycles. The van der Waals surface area contributed by atoms with Crippen molar-refractivity contribution in [2.45, 2.75) is 83.0 Å². The second-order valence-electron chi connectivity index (χ2n) is 9.37. The molecule has 0 spiro atoms. The number of aryl methyl sites for hydroxylation is 1. The quantitative estimate of drug-likeness (QED) is 0.688. The summed E-state index contributed by atoms with van der Waals surface area (Å²) in [5.41, 5.74) is 3.34. The molecule has 3 fully saturated rings. The Balaban J connectivity index is 1.33. The van der Waals surface area contributed by atoms with Gasteiger partial charge in [-0.3, -0.25) is 5.32 Å². The van der Waals surface area contributed by atoms with E-state index in [1.54, 1.807) is 0 Å². The highest BCUT2D eigenvalue weighted by Crippen LogP contribution is 2.40. The summed E-state index contributed by atoms with van der Waals surface area (Å²) in [4.78, 5) is 7.45. The number of aliphatic hydroxyl groups excluding tert-OH is 1. The number of anilines is 1. The third-order valence-corrected chi connectivity index (χ3v) is 7.83. The number of rotatable bonds is 5. The minimum Gasteiger partial charge on any atom is -0.378 e. The van der Waals surface area contributed by atoms with E-state index in [4.69, 9.17) is 16.6 Å². The van der Waals surface area contributed by atoms with Gasteiger partial charge in [-0.05, 0) is 69.6 Å². The second-order valence-corrected chi connectivity index (χ2v) is 9.78. The molecule has 1 unspecified atom stereocenters. The van der Waals surface area contributed by atoms with E-state index in [1.165, 1.54) is 50.5 Å². The van der Waals surface area contributed by atoms with Gasteiger partial charge in [0, 0.05) is 36.1 Å². The van der Waals surface area contributed by atoms with Crippen LogP contribution in [0.5, 0.6) is 0 Å². The first kappa shape index (κ1) is 19.7. The highest BCUT2D eigenvalue weighted by molar-refractivity contribution is 6.32. The maximum Gasteiger partial charge on any atom is 0.206 e. The lowest BCUT2D eigenvalue weighted by Crippen LogP contribution is -2.46. The van der Waals surface area contributed by atoms with Crippen LogP contribution in [-0.4, -0.2) is 40.0 Å². The summed E-state index contributed by atoms with van der Waals surface area (Å²) in [6.07, 6.45) is 10.4. The van der Waals surface area contributed by atoms with Crippen LogP contribution >= 0.6 is 11.6 Å². The van der Waals surface area contributed by atoms with Crippen LogP contribution in [-0.2, 0) is 0 Å². The number of hydrogen-bond donors (Lipinski definition) is 2. The van der Waals surface area contributed by atoms with Crippen LogP contribution in [0.1, 0.15) is 69.4 Å². The Morgan fingerprint density at radius 1 is 1.07 bits per heavy atom. The standard InChI is InChI=1S/C23H33ClN4O/c1-15-13-21-20(14-19(15)24)26-23(28(21)18-7-4-8-18)27-11-9-16(10-12-27)22(29)25-17-5-2-3-6-17/h13-14,16-18,22,25,29H,2-12H2,1H3. The zero-order valence-corrected chi connectivity index (χ0v) is 18.2. The molecule has 1 aromatic carbocycles. The Kier molecular flexibility index (Phi) is 5.48. The number of aromatic nitrogens is 2. The molecule has 158 valence electrons. The van der Waals surface area contributed by atoms with E-state index in [-0.39, 0.29) is 6.23 Å². The number of imidazole rings is 1. The van der Waals surface area contributed by atoms with Crippen molar-refractivity contribution in [1.29, 1.82) is 0 Å². The molecule has 2 heterocycles. The number of aliphatic hydroxyl groups is 1. The van der Waals surface area contributed by atoms with E-state index in [0.717, 1.165) is 48.0 Å². The second kappa shape index (κ2) is 8.09. The van der Waals surface area contributed by atoms with Gasteiger partial charge in [0.25, 0.3) is 0 Å². The van der Waals surface area contributed by atoms with E-state index in [9.17, 15) is 5.11 Å². The highest BCUT2D eigenvalue weighted by atomic mass is 35.5. The van der Waals surface area contributed by atoms with Crippen molar-refractivity contribution in [3.05, 3.63) is 22.7 Å². The normalized spacial score (nSPS) is 23.1. The van der Waals surface area contributed by atoms with Crippen LogP contribution < -0.4 is 10.2 Å². The fraction of sp³-hybridized carbons (Fsp3) is 0.696. The summed E-state index contributed by atoms with van der Waals surface area (Å²) in [6, 6.07) is 5.29. The first-order valence-electron chi connectivity index (χ1n) is 11.5. The van der Waals surface area contributed by atoms with Gasteiger partial charge in [0.1, 0.15) is 6.23 Å². The van der Waals surface area contributed by atoms with E-state index >= 15 is 0 Å². The zero-order valence-electron chi connectivity index (χ0n) is 17.4. The van der Waals surface area contributed by atoms with E-state index in [2.05, 4.69) is 27.8 Å². The molecule has 1 atom stereocenters. The fourth-order valence-electron chi connectivity index (χ4n) is 5.32. The zero-order chi connectivity index (χ0) is 20.0. The maximum atomic E-state index is 10.7. The molecule has 2 saturated carbocycles. The molecular formula is C23H33ClN4O. The molecule has 5 nitrogen and oxygen atoms in total. The first-order valence-corrected chi connectivity index (χ1v) is 11.8. The highest BCUT2D eigenvalue weighted by Gasteiger charge is 2.32. The largest absolute Gasteiger partial charge is 0.378 e. The van der Waals surface area contributed by atoms with Gasteiger partial charge >= 0.3 is 0 Å². The number of hydrogen-bond acceptors (Lipinski definition) is 4. The van der Waals surface area contributed by atoms with Crippen molar-refractivity contribution in [1.82, 2.24) is 14.9 Å².